The van der Waals surface area contributed by atoms with Crippen molar-refractivity contribution in [3.63, 3.8) is 0 Å². The lowest BCUT2D eigenvalue weighted by molar-refractivity contribution is 0.112. The molecule has 0 aliphatic carbocycles. The van der Waals surface area contributed by atoms with Gasteiger partial charge in [-0.05, 0) is 30.5 Å². The molecule has 3 rings (SSSR count). The monoisotopic (exact) mass is 336 g/mol. The summed E-state index contributed by atoms with van der Waals surface area (Å²) in [5.41, 5.74) is 0.815. The van der Waals surface area contributed by atoms with Crippen LogP contribution in [-0.2, 0) is 11.2 Å². The van der Waals surface area contributed by atoms with E-state index in [9.17, 15) is 9.18 Å². The normalized spacial score (nSPS) is 17.2. The van der Waals surface area contributed by atoms with Gasteiger partial charge in [0.1, 0.15) is 10.8 Å². The molecule has 2 amide bonds. The largest absolute Gasteiger partial charge is 0.376 e. The van der Waals surface area contributed by atoms with E-state index in [1.165, 1.54) is 23.5 Å². The van der Waals surface area contributed by atoms with Crippen LogP contribution >= 0.6 is 11.3 Å². The van der Waals surface area contributed by atoms with Gasteiger partial charge in [0, 0.05) is 19.6 Å². The molecule has 1 aromatic carbocycles. The Balaban J connectivity index is 1.49. The molecule has 8 heteroatoms. The third kappa shape index (κ3) is 4.70. The number of hydrogen-bond donors (Lipinski definition) is 2. The highest BCUT2D eigenvalue weighted by molar-refractivity contribution is 7.15. The summed E-state index contributed by atoms with van der Waals surface area (Å²) in [4.78, 5) is 11.8. The minimum absolute atomic E-state index is 0.0960. The van der Waals surface area contributed by atoms with Gasteiger partial charge in [0.05, 0.1) is 6.10 Å². The van der Waals surface area contributed by atoms with E-state index in [1.807, 2.05) is 6.07 Å². The van der Waals surface area contributed by atoms with E-state index in [0.29, 0.717) is 23.1 Å². The zero-order valence-electron chi connectivity index (χ0n) is 12.4. The molecule has 1 atom stereocenters. The summed E-state index contributed by atoms with van der Waals surface area (Å²) >= 11 is 1.27. The molecule has 23 heavy (non-hydrogen) atoms. The van der Waals surface area contributed by atoms with Crippen LogP contribution in [0.2, 0.25) is 0 Å². The van der Waals surface area contributed by atoms with Crippen molar-refractivity contribution in [3.8, 4) is 0 Å². The number of carbonyl (C=O) groups excluding carboxylic acids is 1. The van der Waals surface area contributed by atoms with Crippen LogP contribution in [0, 0.1) is 5.82 Å². The Morgan fingerprint density at radius 1 is 1.43 bits per heavy atom. The maximum atomic E-state index is 13.2. The standard InChI is InChI=1S/C15H17FN4O2S/c16-11-4-1-3-10(7-11)8-13-19-20-15(23-13)18-14(21)17-9-12-5-2-6-22-12/h1,3-4,7,12H,2,5-6,8-9H2,(H2,17,18,20,21)/t12-/m0/s1. The lowest BCUT2D eigenvalue weighted by Gasteiger charge is -2.10. The highest BCUT2D eigenvalue weighted by Gasteiger charge is 2.16. The van der Waals surface area contributed by atoms with Crippen molar-refractivity contribution < 1.29 is 13.9 Å². The Kier molecular flexibility index (Phi) is 5.14. The second-order valence-corrected chi connectivity index (χ2v) is 6.34. The zero-order valence-corrected chi connectivity index (χ0v) is 13.2. The van der Waals surface area contributed by atoms with Crippen LogP contribution in [0.5, 0.6) is 0 Å². The molecule has 0 saturated carbocycles. The number of nitrogens with zero attached hydrogens (tertiary/aromatic N) is 2. The molecule has 0 radical (unpaired) electrons. The molecular formula is C15H17FN4O2S. The average molecular weight is 336 g/mol. The Hall–Kier alpha value is -2.06. The molecular weight excluding hydrogens is 319 g/mol. The first-order chi connectivity index (χ1) is 11.2. The van der Waals surface area contributed by atoms with Gasteiger partial charge in [-0.3, -0.25) is 5.32 Å². The quantitative estimate of drug-likeness (QED) is 0.880. The van der Waals surface area contributed by atoms with Crippen molar-refractivity contribution in [3.05, 3.63) is 40.7 Å². The van der Waals surface area contributed by atoms with E-state index >= 15 is 0 Å². The first kappa shape index (κ1) is 15.8. The fourth-order valence-corrected chi connectivity index (χ4v) is 3.12. The molecule has 0 bridgehead atoms. The van der Waals surface area contributed by atoms with E-state index in [0.717, 1.165) is 25.0 Å². The van der Waals surface area contributed by atoms with Gasteiger partial charge in [0.2, 0.25) is 5.13 Å². The Morgan fingerprint density at radius 2 is 2.35 bits per heavy atom. The van der Waals surface area contributed by atoms with Gasteiger partial charge in [-0.15, -0.1) is 10.2 Å². The maximum absolute atomic E-state index is 13.2. The average Bonchev–Trinajstić information content (AvgIpc) is 3.17. The van der Waals surface area contributed by atoms with Gasteiger partial charge >= 0.3 is 6.03 Å². The Bertz CT molecular complexity index is 673. The van der Waals surface area contributed by atoms with Gasteiger partial charge in [-0.25, -0.2) is 9.18 Å². The van der Waals surface area contributed by atoms with Crippen molar-refractivity contribution in [2.45, 2.75) is 25.4 Å². The van der Waals surface area contributed by atoms with Crippen molar-refractivity contribution in [2.75, 3.05) is 18.5 Å². The van der Waals surface area contributed by atoms with Crippen molar-refractivity contribution in [1.82, 2.24) is 15.5 Å². The number of amides is 2. The van der Waals surface area contributed by atoms with Crippen LogP contribution in [0.1, 0.15) is 23.4 Å². The number of anilines is 1. The topological polar surface area (TPSA) is 76.1 Å². The van der Waals surface area contributed by atoms with E-state index in [2.05, 4.69) is 20.8 Å². The highest BCUT2D eigenvalue weighted by atomic mass is 32.1. The summed E-state index contributed by atoms with van der Waals surface area (Å²) in [6.45, 7) is 1.24. The summed E-state index contributed by atoms with van der Waals surface area (Å²) in [7, 11) is 0. The fraction of sp³-hybridized carbons (Fsp3) is 0.400. The number of rotatable bonds is 5. The number of nitrogens with one attached hydrogen (secondary N) is 2. The number of benzene rings is 1. The molecule has 0 spiro atoms. The van der Waals surface area contributed by atoms with E-state index in [1.54, 1.807) is 6.07 Å². The van der Waals surface area contributed by atoms with Crippen molar-refractivity contribution in [1.29, 1.82) is 0 Å². The minimum atomic E-state index is -0.325. The van der Waals surface area contributed by atoms with Crippen molar-refractivity contribution in [2.24, 2.45) is 0 Å². The number of urea groups is 1. The predicted octanol–water partition coefficient (Wildman–Crippen LogP) is 2.57. The number of aromatic nitrogens is 2. The van der Waals surface area contributed by atoms with Crippen LogP contribution in [0.3, 0.4) is 0 Å². The highest BCUT2D eigenvalue weighted by Crippen LogP contribution is 2.19. The van der Waals surface area contributed by atoms with Crippen molar-refractivity contribution >= 4 is 22.5 Å². The number of ether oxygens (including phenoxy) is 1. The number of halogens is 1. The van der Waals surface area contributed by atoms with E-state index in [4.69, 9.17) is 4.74 Å². The van der Waals surface area contributed by atoms with E-state index in [-0.39, 0.29) is 18.0 Å². The fourth-order valence-electron chi connectivity index (χ4n) is 2.35. The van der Waals surface area contributed by atoms with Gasteiger partial charge in [0.15, 0.2) is 0 Å². The summed E-state index contributed by atoms with van der Waals surface area (Å²) in [6, 6.07) is 6.02. The Labute approximate surface area is 137 Å². The predicted molar refractivity (Wildman–Crippen MR) is 85.1 cm³/mol. The molecule has 6 nitrogen and oxygen atoms in total. The molecule has 1 fully saturated rings. The third-order valence-corrected chi connectivity index (χ3v) is 4.28. The lowest BCUT2D eigenvalue weighted by Crippen LogP contribution is -2.34. The van der Waals surface area contributed by atoms with Crippen LogP contribution < -0.4 is 10.6 Å². The molecule has 1 saturated heterocycles. The molecule has 122 valence electrons. The smallest absolute Gasteiger partial charge is 0.321 e. The van der Waals surface area contributed by atoms with Crippen LogP contribution in [-0.4, -0.2) is 35.5 Å². The van der Waals surface area contributed by atoms with Crippen LogP contribution in [0.25, 0.3) is 0 Å². The Morgan fingerprint density at radius 3 is 3.13 bits per heavy atom. The van der Waals surface area contributed by atoms with Gasteiger partial charge in [0.25, 0.3) is 0 Å². The second-order valence-electron chi connectivity index (χ2n) is 5.28. The minimum Gasteiger partial charge on any atom is -0.376 e. The van der Waals surface area contributed by atoms with Gasteiger partial charge in [-0.2, -0.15) is 0 Å². The molecule has 1 aromatic heterocycles. The molecule has 1 aliphatic heterocycles. The molecule has 2 aromatic rings. The first-order valence-corrected chi connectivity index (χ1v) is 8.24. The molecule has 2 heterocycles. The van der Waals surface area contributed by atoms with Crippen LogP contribution in [0.15, 0.2) is 24.3 Å². The van der Waals surface area contributed by atoms with Gasteiger partial charge < -0.3 is 10.1 Å². The maximum Gasteiger partial charge on any atom is 0.321 e. The summed E-state index contributed by atoms with van der Waals surface area (Å²) < 4.78 is 18.6. The molecule has 1 aliphatic rings. The summed E-state index contributed by atoms with van der Waals surface area (Å²) in [5.74, 6) is -0.279. The number of hydrogen-bond acceptors (Lipinski definition) is 5. The van der Waals surface area contributed by atoms with Gasteiger partial charge in [-0.1, -0.05) is 23.5 Å². The number of carbonyl (C=O) groups is 1. The second kappa shape index (κ2) is 7.47. The van der Waals surface area contributed by atoms with Crippen LogP contribution in [0.4, 0.5) is 14.3 Å². The summed E-state index contributed by atoms with van der Waals surface area (Å²) in [6.07, 6.45) is 2.58. The molecule has 0 unspecified atom stereocenters. The SMILES string of the molecule is O=C(NC[C@@H]1CCCO1)Nc1nnc(Cc2cccc(F)c2)s1. The third-order valence-electron chi connectivity index (χ3n) is 3.45. The summed E-state index contributed by atoms with van der Waals surface area (Å²) in [5, 5.41) is 14.5. The lowest BCUT2D eigenvalue weighted by atomic mass is 10.1. The zero-order chi connectivity index (χ0) is 16.1. The van der Waals surface area contributed by atoms with E-state index < -0.39 is 0 Å². The first-order valence-electron chi connectivity index (χ1n) is 7.42. The molecule has 2 N–H and O–H groups in total.